The van der Waals surface area contributed by atoms with Gasteiger partial charge in [-0.15, -0.1) is 11.3 Å². The first-order valence-corrected chi connectivity index (χ1v) is 17.0. The minimum absolute atomic E-state index is 0.0494. The zero-order chi connectivity index (χ0) is 38.2. The fourth-order valence-electron chi connectivity index (χ4n) is 6.91. The zero-order valence-corrected chi connectivity index (χ0v) is 28.6. The Balaban J connectivity index is 1.65. The maximum atomic E-state index is 15.2. The van der Waals surface area contributed by atoms with E-state index in [1.165, 1.54) is 17.0 Å². The highest BCUT2D eigenvalue weighted by molar-refractivity contribution is 7.10. The van der Waals surface area contributed by atoms with Crippen molar-refractivity contribution in [3.63, 3.8) is 0 Å². The normalized spacial score (nSPS) is 20.8. The molecule has 0 unspecified atom stereocenters. The molecule has 52 heavy (non-hydrogen) atoms. The van der Waals surface area contributed by atoms with Gasteiger partial charge in [-0.3, -0.25) is 19.4 Å². The van der Waals surface area contributed by atoms with Crippen molar-refractivity contribution in [1.29, 1.82) is 0 Å². The van der Waals surface area contributed by atoms with Gasteiger partial charge < -0.3 is 19.4 Å². The van der Waals surface area contributed by atoms with E-state index < -0.39 is 88.4 Å². The molecule has 0 spiro atoms. The third kappa shape index (κ3) is 7.85. The molecular weight excluding hydrogens is 731 g/mol. The summed E-state index contributed by atoms with van der Waals surface area (Å²) in [6.45, 7) is 0.760. The second-order valence-corrected chi connectivity index (χ2v) is 13.6. The van der Waals surface area contributed by atoms with Crippen LogP contribution in [0.2, 0.25) is 0 Å². The predicted octanol–water partition coefficient (Wildman–Crippen LogP) is 7.22. The molecule has 2 aliphatic rings. The lowest BCUT2D eigenvalue weighted by molar-refractivity contribution is -0.164. The Morgan fingerprint density at radius 2 is 1.79 bits per heavy atom. The molecule has 0 saturated carbocycles. The first-order valence-electron chi connectivity index (χ1n) is 16.2. The Labute approximate surface area is 296 Å². The minimum atomic E-state index is -4.99. The number of carbonyl (C=O) groups is 3. The number of benzene rings is 1. The van der Waals surface area contributed by atoms with E-state index in [1.54, 1.807) is 6.92 Å². The molecule has 0 bridgehead atoms. The maximum absolute atomic E-state index is 15.2. The topological polar surface area (TPSA) is 83.1 Å². The number of likely N-dealkylation sites (N-methyl/N-ethyl adjacent to an activating group) is 1. The van der Waals surface area contributed by atoms with Crippen molar-refractivity contribution in [1.82, 2.24) is 19.7 Å². The number of ether oxygens (including phenoxy) is 1. The number of hydrogen-bond donors (Lipinski definition) is 0. The molecule has 8 nitrogen and oxygen atoms in total. The Bertz CT molecular complexity index is 1800. The summed E-state index contributed by atoms with van der Waals surface area (Å²) in [6.07, 6.45) is -12.4. The fourth-order valence-corrected chi connectivity index (χ4v) is 7.58. The van der Waals surface area contributed by atoms with E-state index in [1.807, 2.05) is 0 Å². The zero-order valence-electron chi connectivity index (χ0n) is 27.7. The molecule has 3 aromatic rings. The first kappa shape index (κ1) is 38.9. The largest absolute Gasteiger partial charge is 0.474 e. The van der Waals surface area contributed by atoms with E-state index in [0.717, 1.165) is 35.7 Å². The molecule has 1 saturated heterocycles. The first-order chi connectivity index (χ1) is 24.4. The number of amides is 3. The molecule has 0 aliphatic carbocycles. The van der Waals surface area contributed by atoms with E-state index in [2.05, 4.69) is 4.98 Å². The molecule has 282 valence electrons. The van der Waals surface area contributed by atoms with E-state index >= 15 is 4.79 Å². The summed E-state index contributed by atoms with van der Waals surface area (Å²) in [5.41, 5.74) is -3.65. The quantitative estimate of drug-likeness (QED) is 0.215. The number of aromatic nitrogens is 1. The van der Waals surface area contributed by atoms with Crippen LogP contribution >= 0.6 is 11.3 Å². The van der Waals surface area contributed by atoms with Gasteiger partial charge in [0.05, 0.1) is 17.6 Å². The molecule has 1 aromatic carbocycles. The second kappa shape index (κ2) is 14.9. The number of piperidine rings is 1. The van der Waals surface area contributed by atoms with Gasteiger partial charge >= 0.3 is 18.8 Å². The van der Waals surface area contributed by atoms with Crippen LogP contribution in [0.4, 0.5) is 39.5 Å². The molecule has 4 heterocycles. The van der Waals surface area contributed by atoms with Crippen LogP contribution in [0.5, 0.6) is 5.75 Å². The van der Waals surface area contributed by atoms with Crippen molar-refractivity contribution < 1.29 is 58.6 Å². The van der Waals surface area contributed by atoms with Crippen LogP contribution in [0.1, 0.15) is 64.7 Å². The molecule has 2 aliphatic heterocycles. The summed E-state index contributed by atoms with van der Waals surface area (Å²) >= 11 is 0.280. The highest BCUT2D eigenvalue weighted by Crippen LogP contribution is 2.43. The van der Waals surface area contributed by atoms with Gasteiger partial charge in [-0.25, -0.2) is 4.39 Å². The summed E-state index contributed by atoms with van der Waals surface area (Å²) < 4.78 is 131. The molecular formula is C34H33F9N4O4S. The summed E-state index contributed by atoms with van der Waals surface area (Å²) in [7, 11) is 1.08. The highest BCUT2D eigenvalue weighted by Gasteiger charge is 2.57. The van der Waals surface area contributed by atoms with Gasteiger partial charge in [-0.2, -0.15) is 35.1 Å². The number of rotatable bonds is 9. The minimum Gasteiger partial charge on any atom is -0.474 e. The molecule has 0 N–H and O–H groups in total. The van der Waals surface area contributed by atoms with Gasteiger partial charge in [0, 0.05) is 50.7 Å². The number of hydrogen-bond acceptors (Lipinski definition) is 6. The number of fused-ring (bicyclic) bond motifs is 1. The lowest BCUT2D eigenvalue weighted by Gasteiger charge is -2.51. The van der Waals surface area contributed by atoms with Crippen LogP contribution in [0, 0.1) is 5.82 Å². The summed E-state index contributed by atoms with van der Waals surface area (Å²) in [5, 5.41) is 1.02. The van der Waals surface area contributed by atoms with Gasteiger partial charge in [-0.1, -0.05) is 19.4 Å². The summed E-state index contributed by atoms with van der Waals surface area (Å²) in [4.78, 5) is 47.1. The van der Waals surface area contributed by atoms with E-state index in [-0.39, 0.29) is 56.5 Å². The number of likely N-dealkylation sites (tertiary alicyclic amines) is 1. The van der Waals surface area contributed by atoms with Gasteiger partial charge in [0.1, 0.15) is 22.1 Å². The number of nitrogens with zero attached hydrogens (tertiary/aromatic N) is 4. The lowest BCUT2D eigenvalue weighted by atomic mass is 9.78. The van der Waals surface area contributed by atoms with E-state index in [4.69, 9.17) is 4.74 Å². The number of halogens is 9. The lowest BCUT2D eigenvalue weighted by Crippen LogP contribution is -2.69. The van der Waals surface area contributed by atoms with Gasteiger partial charge in [0.15, 0.2) is 0 Å². The van der Waals surface area contributed by atoms with Crippen LogP contribution in [-0.4, -0.2) is 81.7 Å². The third-order valence-electron chi connectivity index (χ3n) is 9.23. The van der Waals surface area contributed by atoms with Crippen molar-refractivity contribution in [3.8, 4) is 5.75 Å². The molecule has 1 fully saturated rings. The Kier molecular flexibility index (Phi) is 11.2. The number of carbonyl (C=O) groups excluding carboxylic acids is 3. The molecule has 3 atom stereocenters. The smallest absolute Gasteiger partial charge is 0.425 e. The second-order valence-electron chi connectivity index (χ2n) is 12.7. The Hall–Kier alpha value is -4.35. The third-order valence-corrected chi connectivity index (χ3v) is 10.2. The van der Waals surface area contributed by atoms with Gasteiger partial charge in [0.25, 0.3) is 17.7 Å². The SMILES string of the molecule is CCC[C@H]1N(C(=O)c2ncccc2C(F)(F)F)CCC[C@@]1(Oc1csc(C(F)(F)F)c1)C(=O)N1Cc2ccc(F)cc2C[C@H]1CN(C)C(=O)C(F)F. The molecule has 18 heteroatoms. The average Bonchev–Trinajstić information content (AvgIpc) is 3.56. The van der Waals surface area contributed by atoms with Crippen LogP contribution in [-0.2, 0) is 34.9 Å². The van der Waals surface area contributed by atoms with Crippen LogP contribution in [0.15, 0.2) is 48.0 Å². The highest BCUT2D eigenvalue weighted by atomic mass is 32.1. The molecule has 3 amide bonds. The standard InChI is InChI=1S/C34H33F9N4O4S/c1-3-6-25-32(51-23-15-26(52-18-23)34(41,42)43,10-5-12-46(25)29(48)27-24(33(38,39)40)7-4-11-44-27)31(50)47-16-19-8-9-21(35)13-20(19)14-22(47)17-45(2)30(49)28(36)37/h4,7-9,11,13,15,18,22,25,28H,3,5-6,10,12,14,16-17H2,1-2H3/t22-,25+,32-/m0/s1. The maximum Gasteiger partial charge on any atom is 0.425 e. The number of alkyl halides is 8. The van der Waals surface area contributed by atoms with Crippen LogP contribution < -0.4 is 4.74 Å². The Morgan fingerprint density at radius 3 is 2.42 bits per heavy atom. The molecule has 2 aromatic heterocycles. The number of pyridine rings is 1. The van der Waals surface area contributed by atoms with Crippen molar-refractivity contribution in [2.24, 2.45) is 0 Å². The fraction of sp³-hybridized carbons (Fsp3) is 0.471. The average molecular weight is 765 g/mol. The van der Waals surface area contributed by atoms with Crippen molar-refractivity contribution in [2.45, 2.75) is 82.0 Å². The van der Waals surface area contributed by atoms with Crippen LogP contribution in [0.3, 0.4) is 0 Å². The van der Waals surface area contributed by atoms with Crippen molar-refractivity contribution in [2.75, 3.05) is 20.1 Å². The van der Waals surface area contributed by atoms with Gasteiger partial charge in [0.2, 0.25) is 5.60 Å². The van der Waals surface area contributed by atoms with E-state index in [0.29, 0.717) is 28.2 Å². The Morgan fingerprint density at radius 1 is 1.06 bits per heavy atom. The van der Waals surface area contributed by atoms with Gasteiger partial charge in [-0.05, 0) is 54.7 Å². The van der Waals surface area contributed by atoms with Crippen molar-refractivity contribution in [3.05, 3.63) is 81.1 Å². The monoisotopic (exact) mass is 764 g/mol. The van der Waals surface area contributed by atoms with Crippen molar-refractivity contribution >= 4 is 29.1 Å². The summed E-state index contributed by atoms with van der Waals surface area (Å²) in [6, 6.07) is 3.62. The molecule has 5 rings (SSSR count). The van der Waals surface area contributed by atoms with Crippen LogP contribution in [0.25, 0.3) is 0 Å². The number of thiophene rings is 1. The molecule has 0 radical (unpaired) electrons. The predicted molar refractivity (Wildman–Crippen MR) is 169 cm³/mol. The summed E-state index contributed by atoms with van der Waals surface area (Å²) in [5.74, 6) is -4.67. The van der Waals surface area contributed by atoms with E-state index in [9.17, 15) is 49.1 Å².